The van der Waals surface area contributed by atoms with Gasteiger partial charge in [0.05, 0.1) is 0 Å². The van der Waals surface area contributed by atoms with Gasteiger partial charge in [-0.1, -0.05) is 6.92 Å². The maximum atomic E-state index is 5.65. The fourth-order valence-corrected chi connectivity index (χ4v) is 0.697. The summed E-state index contributed by atoms with van der Waals surface area (Å²) in [5.74, 6) is 0.594. The maximum absolute atomic E-state index is 5.65. The van der Waals surface area contributed by atoms with Crippen molar-refractivity contribution in [1.82, 2.24) is 4.90 Å². The third-order valence-electron chi connectivity index (χ3n) is 2.35. The zero-order valence-corrected chi connectivity index (χ0v) is 8.18. The quantitative estimate of drug-likeness (QED) is 0.481. The van der Waals surface area contributed by atoms with Crippen molar-refractivity contribution in [1.29, 1.82) is 0 Å². The first kappa shape index (κ1) is 10.3. The molecule has 0 atom stereocenters. The van der Waals surface area contributed by atoms with Crippen molar-refractivity contribution in [3.8, 4) is 0 Å². The lowest BCUT2D eigenvalue weighted by molar-refractivity contribution is 0.243. The van der Waals surface area contributed by atoms with Crippen molar-refractivity contribution in [2.24, 2.45) is 10.7 Å². The van der Waals surface area contributed by atoms with Crippen LogP contribution in [0.1, 0.15) is 27.2 Å². The van der Waals surface area contributed by atoms with Crippen LogP contribution in [0.2, 0.25) is 0 Å². The highest BCUT2D eigenvalue weighted by Crippen LogP contribution is 2.15. The molecule has 66 valence electrons. The van der Waals surface area contributed by atoms with Crippen LogP contribution in [0.3, 0.4) is 0 Å². The molecule has 0 heterocycles. The number of nitrogens with zero attached hydrogens (tertiary/aromatic N) is 2. The highest BCUT2D eigenvalue weighted by molar-refractivity contribution is 5.78. The molecule has 0 amide bonds. The van der Waals surface area contributed by atoms with Gasteiger partial charge in [0, 0.05) is 19.6 Å². The van der Waals surface area contributed by atoms with Crippen molar-refractivity contribution >= 4 is 5.96 Å². The molecular weight excluding hydrogens is 138 g/mol. The van der Waals surface area contributed by atoms with Crippen molar-refractivity contribution in [2.75, 3.05) is 14.1 Å². The molecule has 0 aromatic carbocycles. The van der Waals surface area contributed by atoms with E-state index in [0.29, 0.717) is 5.96 Å². The average molecular weight is 157 g/mol. The van der Waals surface area contributed by atoms with Crippen LogP contribution in [-0.2, 0) is 0 Å². The summed E-state index contributed by atoms with van der Waals surface area (Å²) in [5, 5.41) is 0. The Balaban J connectivity index is 4.35. The van der Waals surface area contributed by atoms with Crippen LogP contribution in [0.15, 0.2) is 4.99 Å². The minimum atomic E-state index is 0.101. The van der Waals surface area contributed by atoms with Crippen molar-refractivity contribution in [2.45, 2.75) is 32.7 Å². The van der Waals surface area contributed by atoms with Gasteiger partial charge in [0.15, 0.2) is 5.96 Å². The van der Waals surface area contributed by atoms with Gasteiger partial charge in [0.25, 0.3) is 0 Å². The number of hydrogen-bond donors (Lipinski definition) is 1. The van der Waals surface area contributed by atoms with E-state index in [-0.39, 0.29) is 5.54 Å². The molecule has 0 radical (unpaired) electrons. The summed E-state index contributed by atoms with van der Waals surface area (Å²) >= 11 is 0. The molecule has 0 saturated heterocycles. The van der Waals surface area contributed by atoms with Gasteiger partial charge in [0.2, 0.25) is 0 Å². The Kier molecular flexibility index (Phi) is 3.36. The Hall–Kier alpha value is -0.730. The number of guanidine groups is 1. The number of rotatable bonds is 2. The fraction of sp³-hybridized carbons (Fsp3) is 0.875. The Labute approximate surface area is 69.3 Å². The molecule has 0 bridgehead atoms. The van der Waals surface area contributed by atoms with Gasteiger partial charge in [-0.25, -0.2) is 0 Å². The summed E-state index contributed by atoms with van der Waals surface area (Å²) in [7, 11) is 3.67. The topological polar surface area (TPSA) is 41.6 Å². The van der Waals surface area contributed by atoms with Crippen LogP contribution in [0.5, 0.6) is 0 Å². The predicted octanol–water partition coefficient (Wildman–Crippen LogP) is 1.05. The van der Waals surface area contributed by atoms with Crippen LogP contribution < -0.4 is 5.73 Å². The second-order valence-corrected chi connectivity index (χ2v) is 3.31. The molecule has 0 aliphatic heterocycles. The summed E-state index contributed by atoms with van der Waals surface area (Å²) in [6.45, 7) is 6.43. The Morgan fingerprint density at radius 3 is 2.27 bits per heavy atom. The van der Waals surface area contributed by atoms with Crippen molar-refractivity contribution in [3.63, 3.8) is 0 Å². The summed E-state index contributed by atoms with van der Waals surface area (Å²) < 4.78 is 0. The van der Waals surface area contributed by atoms with E-state index in [1.807, 2.05) is 11.9 Å². The summed E-state index contributed by atoms with van der Waals surface area (Å²) in [6.07, 6.45) is 1.06. The number of aliphatic imine (C=N–C) groups is 1. The second kappa shape index (κ2) is 3.60. The lowest BCUT2D eigenvalue weighted by atomic mass is 10.0. The maximum Gasteiger partial charge on any atom is 0.191 e. The Morgan fingerprint density at radius 1 is 1.55 bits per heavy atom. The van der Waals surface area contributed by atoms with E-state index in [2.05, 4.69) is 25.8 Å². The number of hydrogen-bond acceptors (Lipinski definition) is 1. The SMILES string of the molecule is CCC(C)(C)N(C)C(N)=NC. The highest BCUT2D eigenvalue weighted by atomic mass is 15.3. The summed E-state index contributed by atoms with van der Waals surface area (Å²) in [4.78, 5) is 5.92. The molecule has 0 aliphatic carbocycles. The third-order valence-corrected chi connectivity index (χ3v) is 2.35. The van der Waals surface area contributed by atoms with Crippen LogP contribution in [-0.4, -0.2) is 30.5 Å². The Bertz CT molecular complexity index is 149. The van der Waals surface area contributed by atoms with E-state index in [4.69, 9.17) is 5.73 Å². The van der Waals surface area contributed by atoms with E-state index in [9.17, 15) is 0 Å². The normalized spacial score (nSPS) is 13.4. The van der Waals surface area contributed by atoms with Gasteiger partial charge < -0.3 is 10.6 Å². The molecule has 3 heteroatoms. The minimum Gasteiger partial charge on any atom is -0.370 e. The molecule has 2 N–H and O–H groups in total. The largest absolute Gasteiger partial charge is 0.370 e. The zero-order chi connectivity index (χ0) is 9.07. The molecule has 0 unspecified atom stereocenters. The molecule has 0 spiro atoms. The van der Waals surface area contributed by atoms with Crippen molar-refractivity contribution in [3.05, 3.63) is 0 Å². The van der Waals surface area contributed by atoms with E-state index < -0.39 is 0 Å². The molecule has 3 nitrogen and oxygen atoms in total. The van der Waals surface area contributed by atoms with E-state index >= 15 is 0 Å². The van der Waals surface area contributed by atoms with E-state index in [0.717, 1.165) is 6.42 Å². The first-order chi connectivity index (χ1) is 4.95. The van der Waals surface area contributed by atoms with Crippen LogP contribution in [0.4, 0.5) is 0 Å². The molecule has 0 aromatic rings. The van der Waals surface area contributed by atoms with Crippen LogP contribution in [0, 0.1) is 0 Å². The minimum absolute atomic E-state index is 0.101. The zero-order valence-electron chi connectivity index (χ0n) is 8.18. The average Bonchev–Trinajstić information content (AvgIpc) is 2.01. The van der Waals surface area contributed by atoms with Crippen LogP contribution in [0.25, 0.3) is 0 Å². The standard InChI is InChI=1S/C8H19N3/c1-6-8(2,3)11(5)7(9)10-4/h6H2,1-5H3,(H2,9,10). The smallest absolute Gasteiger partial charge is 0.191 e. The van der Waals surface area contributed by atoms with E-state index in [1.165, 1.54) is 0 Å². The molecule has 0 aromatic heterocycles. The third kappa shape index (κ3) is 2.41. The number of nitrogens with two attached hydrogens (primary N) is 1. The van der Waals surface area contributed by atoms with E-state index in [1.54, 1.807) is 7.05 Å². The molecule has 0 saturated carbocycles. The fourth-order valence-electron chi connectivity index (χ4n) is 0.697. The monoisotopic (exact) mass is 157 g/mol. The Morgan fingerprint density at radius 2 is 2.00 bits per heavy atom. The predicted molar refractivity (Wildman–Crippen MR) is 49.7 cm³/mol. The molecular formula is C8H19N3. The lowest BCUT2D eigenvalue weighted by Crippen LogP contribution is -2.48. The van der Waals surface area contributed by atoms with Gasteiger partial charge in [0.1, 0.15) is 0 Å². The van der Waals surface area contributed by atoms with Gasteiger partial charge >= 0.3 is 0 Å². The highest BCUT2D eigenvalue weighted by Gasteiger charge is 2.21. The second-order valence-electron chi connectivity index (χ2n) is 3.31. The molecule has 11 heavy (non-hydrogen) atoms. The van der Waals surface area contributed by atoms with Gasteiger partial charge in [-0.3, -0.25) is 4.99 Å². The molecule has 0 rings (SSSR count). The van der Waals surface area contributed by atoms with Gasteiger partial charge in [-0.05, 0) is 20.3 Å². The first-order valence-electron chi connectivity index (χ1n) is 3.91. The summed E-state index contributed by atoms with van der Waals surface area (Å²) in [5.41, 5.74) is 5.75. The summed E-state index contributed by atoms with van der Waals surface area (Å²) in [6, 6.07) is 0. The van der Waals surface area contributed by atoms with Gasteiger partial charge in [-0.2, -0.15) is 0 Å². The molecule has 0 fully saturated rings. The van der Waals surface area contributed by atoms with Gasteiger partial charge in [-0.15, -0.1) is 0 Å². The first-order valence-corrected chi connectivity index (χ1v) is 3.91. The van der Waals surface area contributed by atoms with Crippen molar-refractivity contribution < 1.29 is 0 Å². The van der Waals surface area contributed by atoms with Crippen LogP contribution >= 0.6 is 0 Å². The lowest BCUT2D eigenvalue weighted by Gasteiger charge is -2.35. The molecule has 0 aliphatic rings.